The molecule has 0 saturated carbocycles. The number of nitrogens with zero attached hydrogens (tertiary/aromatic N) is 3. The van der Waals surface area contributed by atoms with Gasteiger partial charge in [0.25, 0.3) is 5.91 Å². The molecule has 144 valence electrons. The Morgan fingerprint density at radius 1 is 1.11 bits per heavy atom. The van der Waals surface area contributed by atoms with E-state index in [1.807, 2.05) is 69.3 Å². The van der Waals surface area contributed by atoms with Crippen LogP contribution in [0, 0.1) is 6.92 Å². The Morgan fingerprint density at radius 2 is 1.86 bits per heavy atom. The molecular formula is C22H23ClN4O. The lowest BCUT2D eigenvalue weighted by atomic mass is 10.1. The standard InChI is InChI=1S/C22H23ClN4O/c1-15(2)27(14-17-8-5-4-6-9-17)21(28)20-12-13-24-22(26-20)25-19-11-7-10-18(23)16(19)3/h4-13,15H,14H2,1-3H3,(H,24,25,26). The van der Waals surface area contributed by atoms with Gasteiger partial charge in [-0.25, -0.2) is 9.97 Å². The normalized spacial score (nSPS) is 10.8. The van der Waals surface area contributed by atoms with Gasteiger partial charge in [0.2, 0.25) is 5.95 Å². The van der Waals surface area contributed by atoms with Gasteiger partial charge in [-0.2, -0.15) is 0 Å². The summed E-state index contributed by atoms with van der Waals surface area (Å²) in [5, 5.41) is 3.81. The van der Waals surface area contributed by atoms with E-state index in [9.17, 15) is 4.79 Å². The zero-order valence-electron chi connectivity index (χ0n) is 16.2. The van der Waals surface area contributed by atoms with Gasteiger partial charge in [0.05, 0.1) is 0 Å². The highest BCUT2D eigenvalue weighted by Crippen LogP contribution is 2.25. The molecule has 3 rings (SSSR count). The van der Waals surface area contributed by atoms with Crippen LogP contribution in [0.25, 0.3) is 0 Å². The van der Waals surface area contributed by atoms with Crippen LogP contribution in [-0.2, 0) is 6.54 Å². The smallest absolute Gasteiger partial charge is 0.273 e. The predicted octanol–water partition coefficient (Wildman–Crippen LogP) is 5.23. The molecule has 1 heterocycles. The number of halogens is 1. The number of hydrogen-bond donors (Lipinski definition) is 1. The zero-order chi connectivity index (χ0) is 20.1. The zero-order valence-corrected chi connectivity index (χ0v) is 16.9. The predicted molar refractivity (Wildman–Crippen MR) is 113 cm³/mol. The lowest BCUT2D eigenvalue weighted by molar-refractivity contribution is 0.0684. The Balaban J connectivity index is 1.83. The van der Waals surface area contributed by atoms with E-state index in [4.69, 9.17) is 11.6 Å². The lowest BCUT2D eigenvalue weighted by Crippen LogP contribution is -2.37. The number of carbonyl (C=O) groups excluding carboxylic acids is 1. The highest BCUT2D eigenvalue weighted by Gasteiger charge is 2.21. The van der Waals surface area contributed by atoms with Crippen molar-refractivity contribution in [2.24, 2.45) is 0 Å². The van der Waals surface area contributed by atoms with Crippen molar-refractivity contribution < 1.29 is 4.79 Å². The van der Waals surface area contributed by atoms with Crippen LogP contribution in [0.15, 0.2) is 60.8 Å². The molecule has 0 aliphatic rings. The third-order valence-corrected chi connectivity index (χ3v) is 4.88. The monoisotopic (exact) mass is 394 g/mol. The summed E-state index contributed by atoms with van der Waals surface area (Å²) in [7, 11) is 0. The number of carbonyl (C=O) groups is 1. The number of amides is 1. The highest BCUT2D eigenvalue weighted by molar-refractivity contribution is 6.31. The van der Waals surface area contributed by atoms with Crippen LogP contribution < -0.4 is 5.32 Å². The van der Waals surface area contributed by atoms with Crippen LogP contribution in [0.2, 0.25) is 5.02 Å². The number of anilines is 2. The summed E-state index contributed by atoms with van der Waals surface area (Å²) in [4.78, 5) is 23.6. The van der Waals surface area contributed by atoms with E-state index in [1.54, 1.807) is 17.2 Å². The molecule has 1 amide bonds. The van der Waals surface area contributed by atoms with E-state index in [0.29, 0.717) is 23.2 Å². The van der Waals surface area contributed by atoms with E-state index in [2.05, 4.69) is 15.3 Å². The molecule has 1 N–H and O–H groups in total. The van der Waals surface area contributed by atoms with Crippen molar-refractivity contribution in [1.29, 1.82) is 0 Å². The third-order valence-electron chi connectivity index (χ3n) is 4.47. The number of nitrogens with one attached hydrogen (secondary N) is 1. The molecule has 0 aliphatic carbocycles. The van der Waals surface area contributed by atoms with E-state index in [0.717, 1.165) is 16.8 Å². The molecule has 1 aromatic heterocycles. The largest absolute Gasteiger partial charge is 0.331 e. The Labute approximate surface area is 170 Å². The minimum Gasteiger partial charge on any atom is -0.331 e. The van der Waals surface area contributed by atoms with Gasteiger partial charge in [0.15, 0.2) is 0 Å². The maximum atomic E-state index is 13.1. The molecule has 0 aliphatic heterocycles. The first kappa shape index (κ1) is 19.8. The van der Waals surface area contributed by atoms with Gasteiger partial charge in [-0.15, -0.1) is 0 Å². The van der Waals surface area contributed by atoms with Crippen LogP contribution in [0.1, 0.15) is 35.5 Å². The van der Waals surface area contributed by atoms with Crippen molar-refractivity contribution in [1.82, 2.24) is 14.9 Å². The molecule has 6 heteroatoms. The molecular weight excluding hydrogens is 372 g/mol. The van der Waals surface area contributed by atoms with Gasteiger partial charge >= 0.3 is 0 Å². The van der Waals surface area contributed by atoms with Crippen molar-refractivity contribution in [3.8, 4) is 0 Å². The van der Waals surface area contributed by atoms with E-state index < -0.39 is 0 Å². The molecule has 0 unspecified atom stereocenters. The van der Waals surface area contributed by atoms with E-state index >= 15 is 0 Å². The molecule has 3 aromatic rings. The van der Waals surface area contributed by atoms with E-state index in [1.165, 1.54) is 0 Å². The van der Waals surface area contributed by atoms with Gasteiger partial charge < -0.3 is 10.2 Å². The SMILES string of the molecule is Cc1c(Cl)cccc1Nc1nccc(C(=O)N(Cc2ccccc2)C(C)C)n1. The summed E-state index contributed by atoms with van der Waals surface area (Å²) in [6.45, 7) is 6.44. The lowest BCUT2D eigenvalue weighted by Gasteiger charge is -2.26. The van der Waals surface area contributed by atoms with Crippen LogP contribution in [0.5, 0.6) is 0 Å². The molecule has 2 aromatic carbocycles. The average molecular weight is 395 g/mol. The Bertz CT molecular complexity index is 960. The summed E-state index contributed by atoms with van der Waals surface area (Å²) in [6, 6.07) is 17.2. The molecule has 0 fully saturated rings. The second-order valence-corrected chi connectivity index (χ2v) is 7.22. The molecule has 0 spiro atoms. The maximum Gasteiger partial charge on any atom is 0.273 e. The Morgan fingerprint density at radius 3 is 2.57 bits per heavy atom. The van der Waals surface area contributed by atoms with Crippen LogP contribution in [0.3, 0.4) is 0 Å². The van der Waals surface area contributed by atoms with Crippen LogP contribution in [-0.4, -0.2) is 26.8 Å². The minimum atomic E-state index is -0.132. The van der Waals surface area contributed by atoms with E-state index in [-0.39, 0.29) is 11.9 Å². The Kier molecular flexibility index (Phi) is 6.26. The van der Waals surface area contributed by atoms with Gasteiger partial charge in [0.1, 0.15) is 5.69 Å². The van der Waals surface area contributed by atoms with Gasteiger partial charge in [-0.05, 0) is 50.1 Å². The van der Waals surface area contributed by atoms with Gasteiger partial charge in [0, 0.05) is 29.5 Å². The first-order valence-corrected chi connectivity index (χ1v) is 9.53. The number of hydrogen-bond acceptors (Lipinski definition) is 4. The average Bonchev–Trinajstić information content (AvgIpc) is 2.70. The summed E-state index contributed by atoms with van der Waals surface area (Å²) in [6.07, 6.45) is 1.59. The van der Waals surface area contributed by atoms with Crippen LogP contribution >= 0.6 is 11.6 Å². The summed E-state index contributed by atoms with van der Waals surface area (Å²) in [5.74, 6) is 0.228. The molecule has 5 nitrogen and oxygen atoms in total. The van der Waals surface area contributed by atoms with Gasteiger partial charge in [-0.1, -0.05) is 48.0 Å². The first-order valence-electron chi connectivity index (χ1n) is 9.16. The van der Waals surface area contributed by atoms with Crippen molar-refractivity contribution in [2.75, 3.05) is 5.32 Å². The Hall–Kier alpha value is -2.92. The fraction of sp³-hybridized carbons (Fsp3) is 0.227. The minimum absolute atomic E-state index is 0.0363. The molecule has 0 saturated heterocycles. The number of aromatic nitrogens is 2. The fourth-order valence-electron chi connectivity index (χ4n) is 2.82. The number of rotatable bonds is 6. The van der Waals surface area contributed by atoms with Crippen molar-refractivity contribution in [3.63, 3.8) is 0 Å². The summed E-state index contributed by atoms with van der Waals surface area (Å²) in [5.41, 5.74) is 3.13. The third kappa shape index (κ3) is 4.67. The van der Waals surface area contributed by atoms with Crippen LogP contribution in [0.4, 0.5) is 11.6 Å². The quantitative estimate of drug-likeness (QED) is 0.621. The first-order chi connectivity index (χ1) is 13.5. The number of benzene rings is 2. The molecule has 0 atom stereocenters. The van der Waals surface area contributed by atoms with Crippen molar-refractivity contribution >= 4 is 29.1 Å². The molecule has 0 radical (unpaired) electrons. The molecule has 0 bridgehead atoms. The second kappa shape index (κ2) is 8.85. The maximum absolute atomic E-state index is 13.1. The van der Waals surface area contributed by atoms with Crippen molar-refractivity contribution in [2.45, 2.75) is 33.4 Å². The van der Waals surface area contributed by atoms with Gasteiger partial charge in [-0.3, -0.25) is 4.79 Å². The highest BCUT2D eigenvalue weighted by atomic mass is 35.5. The topological polar surface area (TPSA) is 58.1 Å². The molecule has 28 heavy (non-hydrogen) atoms. The second-order valence-electron chi connectivity index (χ2n) is 6.82. The fourth-order valence-corrected chi connectivity index (χ4v) is 2.99. The summed E-state index contributed by atoms with van der Waals surface area (Å²) < 4.78 is 0. The van der Waals surface area contributed by atoms with Crippen molar-refractivity contribution in [3.05, 3.63) is 82.6 Å². The summed E-state index contributed by atoms with van der Waals surface area (Å²) >= 11 is 6.17.